The van der Waals surface area contributed by atoms with Crippen LogP contribution < -0.4 is 5.32 Å². The van der Waals surface area contributed by atoms with Crippen molar-refractivity contribution >= 4 is 17.6 Å². The Balaban J connectivity index is 2.12. The fourth-order valence-corrected chi connectivity index (χ4v) is 3.22. The van der Waals surface area contributed by atoms with Crippen LogP contribution in [0.15, 0.2) is 65.9 Å². The van der Waals surface area contributed by atoms with Gasteiger partial charge in [0.15, 0.2) is 0 Å². The first-order chi connectivity index (χ1) is 13.6. The van der Waals surface area contributed by atoms with Crippen LogP contribution in [0.5, 0.6) is 5.75 Å². The molecule has 1 heterocycles. The Morgan fingerprint density at radius 2 is 1.82 bits per heavy atom. The molecule has 1 atom stereocenters. The predicted octanol–water partition coefficient (Wildman–Crippen LogP) is 2.20. The molecule has 2 aromatic rings. The average molecular weight is 382 g/mol. The van der Waals surface area contributed by atoms with Gasteiger partial charge in [-0.1, -0.05) is 30.3 Å². The lowest BCUT2D eigenvalue weighted by Crippen LogP contribution is -2.34. The number of nitrogens with zero attached hydrogens (tertiary/aromatic N) is 1. The molecule has 3 rings (SSSR count). The van der Waals surface area contributed by atoms with Gasteiger partial charge < -0.3 is 25.2 Å². The van der Waals surface area contributed by atoms with Crippen molar-refractivity contribution in [1.82, 2.24) is 4.90 Å². The van der Waals surface area contributed by atoms with Gasteiger partial charge in [-0.15, -0.1) is 0 Å². The van der Waals surface area contributed by atoms with Gasteiger partial charge in [-0.3, -0.25) is 4.79 Å². The monoisotopic (exact) mass is 382 g/mol. The Hall–Kier alpha value is -3.32. The molecule has 3 N–H and O–H groups in total. The molecule has 0 saturated heterocycles. The quantitative estimate of drug-likeness (QED) is 0.635. The third-order valence-corrected chi connectivity index (χ3v) is 4.42. The number of ether oxygens (including phenoxy) is 1. The van der Waals surface area contributed by atoms with Crippen LogP contribution in [-0.2, 0) is 14.3 Å². The Morgan fingerprint density at radius 3 is 2.43 bits per heavy atom. The molecular weight excluding hydrogens is 360 g/mol. The van der Waals surface area contributed by atoms with E-state index in [-0.39, 0.29) is 36.8 Å². The zero-order valence-corrected chi connectivity index (χ0v) is 15.5. The number of rotatable bonds is 7. The molecule has 0 fully saturated rings. The van der Waals surface area contributed by atoms with E-state index in [2.05, 4.69) is 5.32 Å². The summed E-state index contributed by atoms with van der Waals surface area (Å²) >= 11 is 0. The predicted molar refractivity (Wildman–Crippen MR) is 103 cm³/mol. The molecule has 2 aromatic carbocycles. The van der Waals surface area contributed by atoms with Crippen LogP contribution in [0.2, 0.25) is 0 Å². The number of anilines is 1. The minimum atomic E-state index is -0.731. The molecule has 0 spiro atoms. The molecule has 0 bridgehead atoms. The summed E-state index contributed by atoms with van der Waals surface area (Å²) in [7, 11) is 0. The zero-order chi connectivity index (χ0) is 20.1. The molecule has 1 aliphatic heterocycles. The van der Waals surface area contributed by atoms with Gasteiger partial charge >= 0.3 is 5.97 Å². The number of carbonyl (C=O) groups excluding carboxylic acids is 2. The third kappa shape index (κ3) is 3.84. The highest BCUT2D eigenvalue weighted by Crippen LogP contribution is 2.39. The number of hydrogen-bond acceptors (Lipinski definition) is 6. The molecule has 1 unspecified atom stereocenters. The van der Waals surface area contributed by atoms with Crippen molar-refractivity contribution in [2.75, 3.05) is 25.1 Å². The molecule has 0 aromatic heterocycles. The first kappa shape index (κ1) is 19.4. The van der Waals surface area contributed by atoms with E-state index in [9.17, 15) is 19.8 Å². The van der Waals surface area contributed by atoms with Gasteiger partial charge in [-0.25, -0.2) is 4.79 Å². The van der Waals surface area contributed by atoms with E-state index in [0.29, 0.717) is 11.3 Å². The van der Waals surface area contributed by atoms with Crippen LogP contribution in [0.25, 0.3) is 0 Å². The lowest BCUT2D eigenvalue weighted by molar-refractivity contribution is -0.139. The number of aromatic hydroxyl groups is 1. The number of phenols is 1. The zero-order valence-electron chi connectivity index (χ0n) is 15.5. The van der Waals surface area contributed by atoms with Gasteiger partial charge in [0.25, 0.3) is 5.91 Å². The van der Waals surface area contributed by atoms with Crippen molar-refractivity contribution in [3.63, 3.8) is 0 Å². The number of phenolic OH excluding ortho intramolecular Hbond substituents is 1. The van der Waals surface area contributed by atoms with E-state index in [1.165, 1.54) is 17.0 Å². The highest BCUT2D eigenvalue weighted by molar-refractivity contribution is 6.09. The first-order valence-corrected chi connectivity index (χ1v) is 9.01. The lowest BCUT2D eigenvalue weighted by atomic mass is 9.98. The van der Waals surface area contributed by atoms with Crippen LogP contribution in [0.3, 0.4) is 0 Å². The highest BCUT2D eigenvalue weighted by Gasteiger charge is 2.44. The summed E-state index contributed by atoms with van der Waals surface area (Å²) in [5.41, 5.74) is 1.58. The second kappa shape index (κ2) is 8.58. The number of aliphatic hydroxyl groups excluding tert-OH is 1. The van der Waals surface area contributed by atoms with Crippen molar-refractivity contribution in [3.8, 4) is 5.75 Å². The molecular formula is C21H22N2O5. The number of aliphatic hydroxyl groups is 1. The van der Waals surface area contributed by atoms with E-state index >= 15 is 0 Å². The van der Waals surface area contributed by atoms with Crippen molar-refractivity contribution in [3.05, 3.63) is 71.4 Å². The van der Waals surface area contributed by atoms with E-state index in [1.807, 2.05) is 18.2 Å². The van der Waals surface area contributed by atoms with Crippen LogP contribution in [0.4, 0.5) is 5.69 Å². The van der Waals surface area contributed by atoms with Crippen LogP contribution >= 0.6 is 0 Å². The molecule has 0 radical (unpaired) electrons. The number of nitrogens with one attached hydrogen (secondary N) is 1. The molecule has 1 amide bonds. The molecule has 0 aliphatic carbocycles. The number of hydrogen-bond donors (Lipinski definition) is 3. The summed E-state index contributed by atoms with van der Waals surface area (Å²) in [6, 6.07) is 14.6. The van der Waals surface area contributed by atoms with Crippen molar-refractivity contribution in [1.29, 1.82) is 0 Å². The maximum atomic E-state index is 13.1. The number of carbonyl (C=O) groups is 2. The van der Waals surface area contributed by atoms with Gasteiger partial charge in [0.1, 0.15) is 11.4 Å². The summed E-state index contributed by atoms with van der Waals surface area (Å²) in [5, 5.41) is 22.1. The Morgan fingerprint density at radius 1 is 1.14 bits per heavy atom. The van der Waals surface area contributed by atoms with Crippen molar-refractivity contribution in [2.45, 2.75) is 13.0 Å². The lowest BCUT2D eigenvalue weighted by Gasteiger charge is -2.26. The van der Waals surface area contributed by atoms with Gasteiger partial charge in [-0.05, 0) is 36.8 Å². The summed E-state index contributed by atoms with van der Waals surface area (Å²) in [6.07, 6.45) is 0. The second-order valence-corrected chi connectivity index (χ2v) is 6.22. The fourth-order valence-electron chi connectivity index (χ4n) is 3.22. The van der Waals surface area contributed by atoms with Gasteiger partial charge in [0.2, 0.25) is 0 Å². The molecule has 0 saturated carbocycles. The third-order valence-electron chi connectivity index (χ3n) is 4.42. The molecule has 7 heteroatoms. The number of β-amino-alcohol motifs (C(OH)–C–C–N with tert-alkyl or cyclic N) is 1. The maximum absolute atomic E-state index is 13.1. The number of esters is 1. The number of benzene rings is 2. The van der Waals surface area contributed by atoms with Gasteiger partial charge in [-0.2, -0.15) is 0 Å². The van der Waals surface area contributed by atoms with Gasteiger partial charge in [0.05, 0.1) is 24.8 Å². The van der Waals surface area contributed by atoms with Gasteiger partial charge in [0, 0.05) is 12.2 Å². The maximum Gasteiger partial charge on any atom is 0.338 e. The average Bonchev–Trinajstić information content (AvgIpc) is 2.96. The second-order valence-electron chi connectivity index (χ2n) is 6.22. The van der Waals surface area contributed by atoms with E-state index in [0.717, 1.165) is 0 Å². The SMILES string of the molecule is CCOC(=O)C1=C(Nc2ccccc2)C(=O)N(CCO)C1c1ccc(O)cc1. The summed E-state index contributed by atoms with van der Waals surface area (Å²) in [4.78, 5) is 27.3. The Kier molecular flexibility index (Phi) is 5.96. The van der Waals surface area contributed by atoms with Crippen molar-refractivity contribution in [2.24, 2.45) is 0 Å². The molecule has 146 valence electrons. The molecule has 7 nitrogen and oxygen atoms in total. The molecule has 28 heavy (non-hydrogen) atoms. The van der Waals surface area contributed by atoms with Crippen LogP contribution in [-0.4, -0.2) is 46.7 Å². The normalized spacial score (nSPS) is 16.4. The van der Waals surface area contributed by atoms with Crippen molar-refractivity contribution < 1.29 is 24.5 Å². The van der Waals surface area contributed by atoms with Crippen LogP contribution in [0, 0.1) is 0 Å². The largest absolute Gasteiger partial charge is 0.508 e. The summed E-state index contributed by atoms with van der Waals surface area (Å²) < 4.78 is 5.22. The van der Waals surface area contributed by atoms with E-state index in [1.54, 1.807) is 31.2 Å². The Labute approximate surface area is 162 Å². The van der Waals surface area contributed by atoms with E-state index < -0.39 is 17.9 Å². The van der Waals surface area contributed by atoms with Crippen LogP contribution in [0.1, 0.15) is 18.5 Å². The minimum absolute atomic E-state index is 0.0489. The van der Waals surface area contributed by atoms with E-state index in [4.69, 9.17) is 4.74 Å². The smallest absolute Gasteiger partial charge is 0.338 e. The Bertz CT molecular complexity index is 877. The fraction of sp³-hybridized carbons (Fsp3) is 0.238. The standard InChI is InChI=1S/C21H22N2O5/c1-2-28-21(27)17-18(22-15-6-4-3-5-7-15)20(26)23(12-13-24)19(17)14-8-10-16(25)11-9-14/h3-11,19,22,24-25H,2,12-13H2,1H3. The summed E-state index contributed by atoms with van der Waals surface area (Å²) in [5.74, 6) is -0.932. The number of amides is 1. The summed E-state index contributed by atoms with van der Waals surface area (Å²) in [6.45, 7) is 1.65. The first-order valence-electron chi connectivity index (χ1n) is 9.01. The highest BCUT2D eigenvalue weighted by atomic mass is 16.5. The number of para-hydroxylation sites is 1. The molecule has 1 aliphatic rings. The topological polar surface area (TPSA) is 99.1 Å². The minimum Gasteiger partial charge on any atom is -0.508 e.